The van der Waals surface area contributed by atoms with Gasteiger partial charge in [0.15, 0.2) is 11.5 Å². The van der Waals surface area contributed by atoms with Crippen molar-refractivity contribution in [2.75, 3.05) is 13.3 Å². The van der Waals surface area contributed by atoms with Gasteiger partial charge in [-0.25, -0.2) is 4.79 Å². The third kappa shape index (κ3) is 2.75. The first-order chi connectivity index (χ1) is 12.5. The predicted molar refractivity (Wildman–Crippen MR) is 90.6 cm³/mol. The molecule has 1 atom stereocenters. The summed E-state index contributed by atoms with van der Waals surface area (Å²) in [6.07, 6.45) is 4.08. The summed E-state index contributed by atoms with van der Waals surface area (Å²) >= 11 is 0. The van der Waals surface area contributed by atoms with E-state index in [1.165, 1.54) is 0 Å². The number of carbonyl (C=O) groups is 3. The van der Waals surface area contributed by atoms with Gasteiger partial charge in [0.05, 0.1) is 0 Å². The third-order valence-electron chi connectivity index (χ3n) is 5.25. The minimum absolute atomic E-state index is 0.128. The Morgan fingerprint density at radius 3 is 2.77 bits per heavy atom. The zero-order valence-corrected chi connectivity index (χ0v) is 14.5. The van der Waals surface area contributed by atoms with Crippen LogP contribution in [0.25, 0.3) is 0 Å². The number of imide groups is 1. The Hall–Kier alpha value is -2.77. The normalized spacial score (nSPS) is 24.9. The van der Waals surface area contributed by atoms with Crippen molar-refractivity contribution in [3.63, 3.8) is 0 Å². The van der Waals surface area contributed by atoms with Crippen molar-refractivity contribution in [3.05, 3.63) is 23.8 Å². The molecule has 1 aliphatic carbocycles. The molecule has 0 spiro atoms. The van der Waals surface area contributed by atoms with Gasteiger partial charge in [-0.1, -0.05) is 18.9 Å². The number of hydrogen-bond donors (Lipinski definition) is 2. The Labute approximate surface area is 150 Å². The average molecular weight is 359 g/mol. The van der Waals surface area contributed by atoms with E-state index in [9.17, 15) is 14.4 Å². The van der Waals surface area contributed by atoms with Crippen molar-refractivity contribution in [1.29, 1.82) is 0 Å². The van der Waals surface area contributed by atoms with E-state index in [0.717, 1.165) is 30.6 Å². The second-order valence-corrected chi connectivity index (χ2v) is 7.06. The fourth-order valence-electron chi connectivity index (χ4n) is 3.73. The van der Waals surface area contributed by atoms with Gasteiger partial charge in [0.1, 0.15) is 12.1 Å². The van der Waals surface area contributed by atoms with Crippen molar-refractivity contribution < 1.29 is 23.9 Å². The van der Waals surface area contributed by atoms with Crippen LogP contribution < -0.4 is 20.1 Å². The molecular weight excluding hydrogens is 338 g/mol. The molecule has 2 fully saturated rings. The molecule has 0 radical (unpaired) electrons. The van der Waals surface area contributed by atoms with Gasteiger partial charge in [0.2, 0.25) is 12.7 Å². The maximum absolute atomic E-state index is 12.9. The van der Waals surface area contributed by atoms with Gasteiger partial charge < -0.3 is 20.1 Å². The van der Waals surface area contributed by atoms with Gasteiger partial charge >= 0.3 is 6.03 Å². The second-order valence-electron chi connectivity index (χ2n) is 7.06. The summed E-state index contributed by atoms with van der Waals surface area (Å²) in [5.74, 6) is 0.364. The molecule has 0 bridgehead atoms. The first-order valence-corrected chi connectivity index (χ1v) is 8.81. The van der Waals surface area contributed by atoms with Gasteiger partial charge in [0, 0.05) is 6.04 Å². The van der Waals surface area contributed by atoms with Crippen LogP contribution in [0.4, 0.5) is 4.79 Å². The van der Waals surface area contributed by atoms with Gasteiger partial charge in [-0.2, -0.15) is 0 Å². The summed E-state index contributed by atoms with van der Waals surface area (Å²) in [6.45, 7) is 1.48. The minimum atomic E-state index is -1.24. The van der Waals surface area contributed by atoms with Crippen LogP contribution in [0.15, 0.2) is 18.2 Å². The zero-order valence-electron chi connectivity index (χ0n) is 14.5. The first kappa shape index (κ1) is 16.7. The molecule has 0 aromatic heterocycles. The molecule has 8 nitrogen and oxygen atoms in total. The zero-order chi connectivity index (χ0) is 18.3. The van der Waals surface area contributed by atoms with Crippen LogP contribution in [0, 0.1) is 0 Å². The maximum atomic E-state index is 12.9. The molecule has 4 amide bonds. The topological polar surface area (TPSA) is 97.0 Å². The molecule has 138 valence electrons. The second kappa shape index (κ2) is 6.19. The monoisotopic (exact) mass is 359 g/mol. The first-order valence-electron chi connectivity index (χ1n) is 8.81. The molecule has 1 saturated heterocycles. The van der Waals surface area contributed by atoms with E-state index in [1.54, 1.807) is 25.1 Å². The number of ether oxygens (including phenoxy) is 2. The van der Waals surface area contributed by atoms with Crippen LogP contribution in [0.3, 0.4) is 0 Å². The number of urea groups is 1. The van der Waals surface area contributed by atoms with E-state index < -0.39 is 17.5 Å². The summed E-state index contributed by atoms with van der Waals surface area (Å²) in [6, 6.07) is 4.68. The molecule has 1 aromatic rings. The number of carbonyl (C=O) groups excluding carboxylic acids is 3. The van der Waals surface area contributed by atoms with Gasteiger partial charge in [-0.05, 0) is 37.5 Å². The van der Waals surface area contributed by atoms with Crippen molar-refractivity contribution in [2.45, 2.75) is 44.2 Å². The van der Waals surface area contributed by atoms with Crippen LogP contribution in [-0.4, -0.2) is 42.1 Å². The Kier molecular flexibility index (Phi) is 3.97. The van der Waals surface area contributed by atoms with E-state index in [2.05, 4.69) is 10.6 Å². The Bertz CT molecular complexity index is 774. The molecule has 1 aromatic carbocycles. The molecule has 2 aliphatic heterocycles. The standard InChI is InChI=1S/C18H21N3O5/c1-18(11-6-7-13-14(8-11)26-10-25-13)16(23)21(17(24)20-18)9-15(22)19-12-4-2-3-5-12/h6-8,12H,2-5,9-10H2,1H3,(H,19,22)(H,20,24)/t18-/m1/s1. The third-order valence-corrected chi connectivity index (χ3v) is 5.25. The fraction of sp³-hybridized carbons (Fsp3) is 0.500. The molecule has 4 rings (SSSR count). The van der Waals surface area contributed by atoms with Gasteiger partial charge in [-0.15, -0.1) is 0 Å². The number of rotatable bonds is 4. The number of amides is 4. The lowest BCUT2D eigenvalue weighted by Crippen LogP contribution is -2.45. The molecule has 2 heterocycles. The molecule has 1 saturated carbocycles. The van der Waals surface area contributed by atoms with E-state index in [4.69, 9.17) is 9.47 Å². The number of nitrogens with zero attached hydrogens (tertiary/aromatic N) is 1. The van der Waals surface area contributed by atoms with E-state index in [1.807, 2.05) is 0 Å². The summed E-state index contributed by atoms with van der Waals surface area (Å²) < 4.78 is 10.6. The molecule has 26 heavy (non-hydrogen) atoms. The molecule has 2 N–H and O–H groups in total. The highest BCUT2D eigenvalue weighted by Gasteiger charge is 2.50. The van der Waals surface area contributed by atoms with Crippen LogP contribution in [0.2, 0.25) is 0 Å². The lowest BCUT2D eigenvalue weighted by atomic mass is 9.91. The number of benzene rings is 1. The molecule has 8 heteroatoms. The highest BCUT2D eigenvalue weighted by Crippen LogP contribution is 2.37. The van der Waals surface area contributed by atoms with Crippen molar-refractivity contribution >= 4 is 17.8 Å². The molecule has 3 aliphatic rings. The maximum Gasteiger partial charge on any atom is 0.325 e. The number of hydrogen-bond acceptors (Lipinski definition) is 5. The minimum Gasteiger partial charge on any atom is -0.454 e. The van der Waals surface area contributed by atoms with Crippen LogP contribution in [0.1, 0.15) is 38.2 Å². The Morgan fingerprint density at radius 1 is 1.27 bits per heavy atom. The van der Waals surface area contributed by atoms with Crippen LogP contribution in [0.5, 0.6) is 11.5 Å². The summed E-state index contributed by atoms with van der Waals surface area (Å²) in [4.78, 5) is 38.4. The lowest BCUT2D eigenvalue weighted by Gasteiger charge is -2.22. The van der Waals surface area contributed by atoms with Gasteiger partial charge in [0.25, 0.3) is 5.91 Å². The number of fused-ring (bicyclic) bond motifs is 1. The highest BCUT2D eigenvalue weighted by molar-refractivity contribution is 6.09. The SMILES string of the molecule is C[C@]1(c2ccc3c(c2)OCO3)NC(=O)N(CC(=O)NC2CCCC2)C1=O. The summed E-state index contributed by atoms with van der Waals surface area (Å²) in [5, 5.41) is 5.60. The van der Waals surface area contributed by atoms with Crippen molar-refractivity contribution in [1.82, 2.24) is 15.5 Å². The van der Waals surface area contributed by atoms with Gasteiger partial charge in [-0.3, -0.25) is 14.5 Å². The highest BCUT2D eigenvalue weighted by atomic mass is 16.7. The van der Waals surface area contributed by atoms with Crippen LogP contribution >= 0.6 is 0 Å². The molecular formula is C18H21N3O5. The van der Waals surface area contributed by atoms with Crippen LogP contribution in [-0.2, 0) is 15.1 Å². The number of nitrogens with one attached hydrogen (secondary N) is 2. The predicted octanol–water partition coefficient (Wildman–Crippen LogP) is 1.24. The smallest absolute Gasteiger partial charge is 0.325 e. The quantitative estimate of drug-likeness (QED) is 0.789. The van der Waals surface area contributed by atoms with E-state index in [0.29, 0.717) is 17.1 Å². The van der Waals surface area contributed by atoms with Crippen molar-refractivity contribution in [2.24, 2.45) is 0 Å². The summed E-state index contributed by atoms with van der Waals surface area (Å²) in [7, 11) is 0. The van der Waals surface area contributed by atoms with Crippen molar-refractivity contribution in [3.8, 4) is 11.5 Å². The summed E-state index contributed by atoms with van der Waals surface area (Å²) in [5.41, 5.74) is -0.662. The fourth-order valence-corrected chi connectivity index (χ4v) is 3.73. The lowest BCUT2D eigenvalue weighted by molar-refractivity contribution is -0.135. The van der Waals surface area contributed by atoms with E-state index in [-0.39, 0.29) is 25.3 Å². The Balaban J connectivity index is 1.50. The Morgan fingerprint density at radius 2 is 2.00 bits per heavy atom. The van der Waals surface area contributed by atoms with E-state index >= 15 is 0 Å². The molecule has 0 unspecified atom stereocenters. The largest absolute Gasteiger partial charge is 0.454 e. The average Bonchev–Trinajstić information content (AvgIpc) is 3.32.